The molecular weight excluding hydrogens is 439 g/mol. The minimum absolute atomic E-state index is 0.213. The number of anilines is 1. The van der Waals surface area contributed by atoms with Crippen molar-refractivity contribution in [2.24, 2.45) is 0 Å². The van der Waals surface area contributed by atoms with E-state index in [-0.39, 0.29) is 11.9 Å². The second-order valence-electron chi connectivity index (χ2n) is 9.65. The first-order chi connectivity index (χ1) is 16.9. The molecule has 3 aromatic rings. The minimum Gasteiger partial charge on any atom is -0.495 e. The third kappa shape index (κ3) is 6.34. The Morgan fingerprint density at radius 1 is 0.914 bits per heavy atom. The Morgan fingerprint density at radius 2 is 1.63 bits per heavy atom. The monoisotopic (exact) mass is 476 g/mol. The third-order valence-corrected chi connectivity index (χ3v) is 6.78. The third-order valence-electron chi connectivity index (χ3n) is 6.78. The van der Waals surface area contributed by atoms with Crippen molar-refractivity contribution in [2.75, 3.05) is 44.7 Å². The first kappa shape index (κ1) is 25.1. The van der Waals surface area contributed by atoms with Gasteiger partial charge in [-0.1, -0.05) is 50.2 Å². The van der Waals surface area contributed by atoms with Crippen LogP contribution in [0.5, 0.6) is 11.5 Å². The molecular formula is C30H37FN2O2. The van der Waals surface area contributed by atoms with Crippen LogP contribution in [0.4, 0.5) is 10.1 Å². The number of hydrogen-bond acceptors (Lipinski definition) is 4. The van der Waals surface area contributed by atoms with Gasteiger partial charge in [-0.2, -0.15) is 0 Å². The molecule has 0 N–H and O–H groups in total. The summed E-state index contributed by atoms with van der Waals surface area (Å²) in [6, 6.07) is 21.5. The number of aryl methyl sites for hydroxylation is 1. The van der Waals surface area contributed by atoms with E-state index in [4.69, 9.17) is 9.47 Å². The predicted molar refractivity (Wildman–Crippen MR) is 141 cm³/mol. The van der Waals surface area contributed by atoms with E-state index in [0.717, 1.165) is 61.9 Å². The summed E-state index contributed by atoms with van der Waals surface area (Å²) in [6.07, 6.45) is 0.380. The van der Waals surface area contributed by atoms with Crippen molar-refractivity contribution >= 4 is 5.69 Å². The molecule has 1 aliphatic heterocycles. The number of rotatable bonds is 9. The van der Waals surface area contributed by atoms with Gasteiger partial charge in [0.05, 0.1) is 12.8 Å². The summed E-state index contributed by atoms with van der Waals surface area (Å²) in [7, 11) is 1.72. The molecule has 0 bridgehead atoms. The van der Waals surface area contributed by atoms with Gasteiger partial charge < -0.3 is 14.4 Å². The largest absolute Gasteiger partial charge is 0.495 e. The normalized spacial score (nSPS) is 15.3. The van der Waals surface area contributed by atoms with Gasteiger partial charge in [0.25, 0.3) is 0 Å². The summed E-state index contributed by atoms with van der Waals surface area (Å²) in [5.41, 5.74) is 4.15. The number of benzene rings is 3. The molecule has 0 radical (unpaired) electrons. The van der Waals surface area contributed by atoms with Gasteiger partial charge in [0.1, 0.15) is 23.4 Å². The number of methoxy groups -OCH3 is 1. The molecule has 1 fully saturated rings. The van der Waals surface area contributed by atoms with E-state index in [2.05, 4.69) is 54.8 Å². The van der Waals surface area contributed by atoms with Crippen molar-refractivity contribution in [1.29, 1.82) is 0 Å². The highest BCUT2D eigenvalue weighted by molar-refractivity contribution is 5.58. The lowest BCUT2D eigenvalue weighted by molar-refractivity contribution is 0.156. The maximum atomic E-state index is 14.8. The molecule has 0 amide bonds. The lowest BCUT2D eigenvalue weighted by Crippen LogP contribution is -2.47. The molecule has 186 valence electrons. The first-order valence-electron chi connectivity index (χ1n) is 12.6. The smallest absolute Gasteiger partial charge is 0.142 e. The maximum absolute atomic E-state index is 14.8. The minimum atomic E-state index is -0.342. The Morgan fingerprint density at radius 3 is 2.34 bits per heavy atom. The highest BCUT2D eigenvalue weighted by atomic mass is 19.1. The van der Waals surface area contributed by atoms with Crippen LogP contribution in [0.3, 0.4) is 0 Å². The molecule has 0 spiro atoms. The van der Waals surface area contributed by atoms with E-state index in [1.807, 2.05) is 30.3 Å². The number of nitrogens with zero attached hydrogens (tertiary/aromatic N) is 2. The molecule has 5 heteroatoms. The van der Waals surface area contributed by atoms with Gasteiger partial charge in [-0.3, -0.25) is 4.90 Å². The van der Waals surface area contributed by atoms with Crippen LogP contribution in [-0.2, 0) is 0 Å². The van der Waals surface area contributed by atoms with E-state index in [0.29, 0.717) is 11.5 Å². The van der Waals surface area contributed by atoms with Crippen LogP contribution in [-0.4, -0.2) is 44.7 Å². The molecule has 35 heavy (non-hydrogen) atoms. The summed E-state index contributed by atoms with van der Waals surface area (Å²) in [5, 5.41) is 0. The summed E-state index contributed by atoms with van der Waals surface area (Å²) >= 11 is 0. The van der Waals surface area contributed by atoms with Crippen molar-refractivity contribution in [3.05, 3.63) is 89.2 Å². The number of hydrogen-bond donors (Lipinski definition) is 0. The molecule has 1 unspecified atom stereocenters. The molecule has 1 aliphatic rings. The Hall–Kier alpha value is -3.05. The van der Waals surface area contributed by atoms with Crippen LogP contribution in [0.15, 0.2) is 66.7 Å². The SMILES string of the molecule is COc1ccccc1N1CCN(CCC(Oc2cc(C)cc(C(C)C)c2)c2ccccc2F)CC1. The second-order valence-corrected chi connectivity index (χ2v) is 9.65. The molecule has 0 aromatic heterocycles. The molecule has 1 saturated heterocycles. The van der Waals surface area contributed by atoms with Crippen molar-refractivity contribution in [3.8, 4) is 11.5 Å². The summed E-state index contributed by atoms with van der Waals surface area (Å²) in [6.45, 7) is 11.0. The zero-order chi connectivity index (χ0) is 24.8. The highest BCUT2D eigenvalue weighted by Crippen LogP contribution is 2.31. The van der Waals surface area contributed by atoms with Crippen LogP contribution < -0.4 is 14.4 Å². The van der Waals surface area contributed by atoms with E-state index in [9.17, 15) is 4.39 Å². The number of para-hydroxylation sites is 2. The van der Waals surface area contributed by atoms with Crippen molar-refractivity contribution < 1.29 is 13.9 Å². The van der Waals surface area contributed by atoms with Gasteiger partial charge in [0, 0.05) is 44.7 Å². The predicted octanol–water partition coefficient (Wildman–Crippen LogP) is 6.60. The molecule has 1 heterocycles. The lowest BCUT2D eigenvalue weighted by atomic mass is 10.0. The maximum Gasteiger partial charge on any atom is 0.142 e. The van der Waals surface area contributed by atoms with E-state index < -0.39 is 0 Å². The van der Waals surface area contributed by atoms with Crippen molar-refractivity contribution in [1.82, 2.24) is 4.90 Å². The molecule has 3 aromatic carbocycles. The van der Waals surface area contributed by atoms with Crippen LogP contribution in [0.1, 0.15) is 49.0 Å². The van der Waals surface area contributed by atoms with Gasteiger partial charge >= 0.3 is 0 Å². The Labute approximate surface area is 209 Å². The topological polar surface area (TPSA) is 24.9 Å². The van der Waals surface area contributed by atoms with Crippen LogP contribution in [0.2, 0.25) is 0 Å². The van der Waals surface area contributed by atoms with E-state index >= 15 is 0 Å². The number of ether oxygens (including phenoxy) is 2. The summed E-state index contributed by atoms with van der Waals surface area (Å²) in [4.78, 5) is 4.82. The fraction of sp³-hybridized carbons (Fsp3) is 0.400. The summed E-state index contributed by atoms with van der Waals surface area (Å²) < 4.78 is 26.8. The van der Waals surface area contributed by atoms with Gasteiger partial charge in [-0.25, -0.2) is 4.39 Å². The molecule has 0 aliphatic carbocycles. The molecule has 4 rings (SSSR count). The Kier molecular flexibility index (Phi) is 8.29. The van der Waals surface area contributed by atoms with E-state index in [1.165, 1.54) is 11.6 Å². The van der Waals surface area contributed by atoms with E-state index in [1.54, 1.807) is 13.2 Å². The summed E-state index contributed by atoms with van der Waals surface area (Å²) in [5.74, 6) is 1.91. The fourth-order valence-corrected chi connectivity index (χ4v) is 4.76. The van der Waals surface area contributed by atoms with Crippen LogP contribution >= 0.6 is 0 Å². The van der Waals surface area contributed by atoms with Gasteiger partial charge in [-0.15, -0.1) is 0 Å². The quantitative estimate of drug-likeness (QED) is 0.347. The average Bonchev–Trinajstić information content (AvgIpc) is 2.87. The van der Waals surface area contributed by atoms with Crippen LogP contribution in [0.25, 0.3) is 0 Å². The number of piperazine rings is 1. The van der Waals surface area contributed by atoms with Crippen molar-refractivity contribution in [2.45, 2.75) is 39.2 Å². The fourth-order valence-electron chi connectivity index (χ4n) is 4.76. The Bertz CT molecular complexity index is 1110. The lowest BCUT2D eigenvalue weighted by Gasteiger charge is -2.37. The molecule has 4 nitrogen and oxygen atoms in total. The van der Waals surface area contributed by atoms with Gasteiger partial charge in [0.15, 0.2) is 0 Å². The first-order valence-corrected chi connectivity index (χ1v) is 12.6. The average molecular weight is 477 g/mol. The van der Waals surface area contributed by atoms with Crippen molar-refractivity contribution in [3.63, 3.8) is 0 Å². The molecule has 1 atom stereocenters. The zero-order valence-electron chi connectivity index (χ0n) is 21.3. The van der Waals surface area contributed by atoms with Gasteiger partial charge in [-0.05, 0) is 54.3 Å². The van der Waals surface area contributed by atoms with Gasteiger partial charge in [0.2, 0.25) is 0 Å². The molecule has 0 saturated carbocycles. The van der Waals surface area contributed by atoms with Crippen LogP contribution in [0, 0.1) is 12.7 Å². The second kappa shape index (κ2) is 11.6. The Balaban J connectivity index is 1.44. The number of halogens is 1. The highest BCUT2D eigenvalue weighted by Gasteiger charge is 2.23. The standard InChI is InChI=1S/C30H37FN2O2/c1-22(2)24-19-23(3)20-25(21-24)35-29(26-9-5-6-10-27(26)31)13-14-32-15-17-33(18-16-32)28-11-7-8-12-30(28)34-4/h5-12,19-22,29H,13-18H2,1-4H3. The zero-order valence-corrected chi connectivity index (χ0v) is 21.3.